The molecule has 0 saturated heterocycles. The Balaban J connectivity index is 5.09. The van der Waals surface area contributed by atoms with Crippen LogP contribution in [-0.4, -0.2) is 5.54 Å². The fourth-order valence-corrected chi connectivity index (χ4v) is 3.14. The molecule has 0 bridgehead atoms. The average Bonchev–Trinajstić information content (AvgIpc) is 2.27. The summed E-state index contributed by atoms with van der Waals surface area (Å²) in [5, 5.41) is 0. The Labute approximate surface area is 115 Å². The van der Waals surface area contributed by atoms with E-state index < -0.39 is 0 Å². The van der Waals surface area contributed by atoms with Crippen LogP contribution < -0.4 is 5.73 Å². The molecule has 0 saturated carbocycles. The van der Waals surface area contributed by atoms with Crippen LogP contribution in [0.4, 0.5) is 0 Å². The number of nitrogens with two attached hydrogens (primary N) is 1. The van der Waals surface area contributed by atoms with Crippen LogP contribution in [0.25, 0.3) is 0 Å². The van der Waals surface area contributed by atoms with E-state index in [0.717, 1.165) is 5.57 Å². The monoisotopic (exact) mass is 253 g/mol. The lowest BCUT2D eigenvalue weighted by Gasteiger charge is -2.52. The third-order valence-corrected chi connectivity index (χ3v) is 5.47. The summed E-state index contributed by atoms with van der Waals surface area (Å²) in [5.41, 5.74) is 7.55. The quantitative estimate of drug-likeness (QED) is 0.469. The summed E-state index contributed by atoms with van der Waals surface area (Å²) < 4.78 is 0. The molecule has 0 aromatic rings. The van der Waals surface area contributed by atoms with Crippen LogP contribution in [0.5, 0.6) is 0 Å². The molecule has 0 spiro atoms. The van der Waals surface area contributed by atoms with Gasteiger partial charge in [-0.25, -0.2) is 0 Å². The first-order valence-corrected chi connectivity index (χ1v) is 7.57. The zero-order chi connectivity index (χ0) is 14.6. The van der Waals surface area contributed by atoms with Gasteiger partial charge in [-0.15, -0.1) is 0 Å². The fourth-order valence-electron chi connectivity index (χ4n) is 3.14. The standard InChI is InChI=1S/C17H35N/c1-9-10-11-12-15(6)16(7,13(2)3)17(8,18)14(4)5/h13,15H,4,9-12,18H2,1-3,5-8H3/t15?,16-,17?/m0/s1. The molecule has 0 amide bonds. The Kier molecular flexibility index (Phi) is 6.63. The highest BCUT2D eigenvalue weighted by molar-refractivity contribution is 5.19. The molecule has 0 aromatic heterocycles. The van der Waals surface area contributed by atoms with Gasteiger partial charge in [0.25, 0.3) is 0 Å². The molecule has 0 aliphatic rings. The molecule has 0 aliphatic heterocycles. The highest BCUT2D eigenvalue weighted by Crippen LogP contribution is 2.48. The zero-order valence-corrected chi connectivity index (χ0v) is 13.8. The van der Waals surface area contributed by atoms with Crippen molar-refractivity contribution >= 4 is 0 Å². The van der Waals surface area contributed by atoms with Crippen molar-refractivity contribution < 1.29 is 0 Å². The van der Waals surface area contributed by atoms with Crippen molar-refractivity contribution in [2.24, 2.45) is 23.0 Å². The summed E-state index contributed by atoms with van der Waals surface area (Å²) in [7, 11) is 0. The van der Waals surface area contributed by atoms with Crippen LogP contribution in [0.3, 0.4) is 0 Å². The smallest absolute Gasteiger partial charge is 0.0394 e. The first-order chi connectivity index (χ1) is 8.12. The van der Waals surface area contributed by atoms with Gasteiger partial charge in [-0.1, -0.05) is 72.5 Å². The Morgan fingerprint density at radius 2 is 1.67 bits per heavy atom. The fraction of sp³-hybridized carbons (Fsp3) is 0.882. The number of hydrogen-bond donors (Lipinski definition) is 1. The molecule has 0 heterocycles. The largest absolute Gasteiger partial charge is 0.321 e. The van der Waals surface area contributed by atoms with Gasteiger partial charge in [0.2, 0.25) is 0 Å². The van der Waals surface area contributed by atoms with Crippen molar-refractivity contribution in [3.05, 3.63) is 12.2 Å². The highest BCUT2D eigenvalue weighted by atomic mass is 14.8. The Morgan fingerprint density at radius 1 is 1.17 bits per heavy atom. The molecule has 0 fully saturated rings. The first-order valence-electron chi connectivity index (χ1n) is 7.57. The lowest BCUT2D eigenvalue weighted by Crippen LogP contribution is -2.58. The number of hydrogen-bond acceptors (Lipinski definition) is 1. The van der Waals surface area contributed by atoms with Crippen molar-refractivity contribution in [1.82, 2.24) is 0 Å². The second-order valence-corrected chi connectivity index (χ2v) is 6.82. The van der Waals surface area contributed by atoms with E-state index in [1.54, 1.807) is 0 Å². The molecule has 1 heteroatoms. The summed E-state index contributed by atoms with van der Waals surface area (Å²) in [6, 6.07) is 0. The van der Waals surface area contributed by atoms with Crippen LogP contribution in [0.2, 0.25) is 0 Å². The summed E-state index contributed by atoms with van der Waals surface area (Å²) in [6.45, 7) is 19.9. The Hall–Kier alpha value is -0.300. The van der Waals surface area contributed by atoms with Crippen LogP contribution in [0, 0.1) is 17.3 Å². The van der Waals surface area contributed by atoms with Gasteiger partial charge in [-0.2, -0.15) is 0 Å². The topological polar surface area (TPSA) is 26.0 Å². The average molecular weight is 253 g/mol. The van der Waals surface area contributed by atoms with E-state index in [2.05, 4.69) is 55.0 Å². The summed E-state index contributed by atoms with van der Waals surface area (Å²) >= 11 is 0. The second kappa shape index (κ2) is 6.75. The summed E-state index contributed by atoms with van der Waals surface area (Å²) in [4.78, 5) is 0. The third kappa shape index (κ3) is 3.38. The Morgan fingerprint density at radius 3 is 2.00 bits per heavy atom. The van der Waals surface area contributed by atoms with Crippen LogP contribution in [0.15, 0.2) is 12.2 Å². The Bertz CT molecular complexity index is 265. The molecular formula is C17H35N. The minimum absolute atomic E-state index is 0.104. The normalized spacial score (nSPS) is 20.3. The molecular weight excluding hydrogens is 218 g/mol. The van der Waals surface area contributed by atoms with Crippen molar-refractivity contribution in [1.29, 1.82) is 0 Å². The molecule has 108 valence electrons. The van der Waals surface area contributed by atoms with Gasteiger partial charge in [-0.05, 0) is 31.1 Å². The molecule has 0 rings (SSSR count). The van der Waals surface area contributed by atoms with Gasteiger partial charge in [0.05, 0.1) is 0 Å². The SMILES string of the molecule is C=C(C)C(C)(N)[C@@](C)(C(C)C)C(C)CCCCC. The molecule has 0 aromatic carbocycles. The van der Waals surface area contributed by atoms with Crippen molar-refractivity contribution in [2.45, 2.75) is 79.7 Å². The maximum atomic E-state index is 6.64. The van der Waals surface area contributed by atoms with E-state index in [9.17, 15) is 0 Å². The first kappa shape index (κ1) is 17.7. The second-order valence-electron chi connectivity index (χ2n) is 6.82. The maximum absolute atomic E-state index is 6.64. The lowest BCUT2D eigenvalue weighted by molar-refractivity contribution is 0.0436. The number of unbranched alkanes of at least 4 members (excludes halogenated alkanes) is 2. The summed E-state index contributed by atoms with van der Waals surface area (Å²) in [5.74, 6) is 1.18. The predicted octanol–water partition coefficient (Wildman–Crippen LogP) is 5.16. The van der Waals surface area contributed by atoms with Gasteiger partial charge in [0.1, 0.15) is 0 Å². The van der Waals surface area contributed by atoms with E-state index in [1.165, 1.54) is 25.7 Å². The van der Waals surface area contributed by atoms with Crippen LogP contribution in [0.1, 0.15) is 74.1 Å². The summed E-state index contributed by atoms with van der Waals surface area (Å²) in [6.07, 6.45) is 5.19. The van der Waals surface area contributed by atoms with Crippen molar-refractivity contribution in [3.8, 4) is 0 Å². The minimum atomic E-state index is -0.299. The molecule has 18 heavy (non-hydrogen) atoms. The van der Waals surface area contributed by atoms with Gasteiger partial charge in [0.15, 0.2) is 0 Å². The number of rotatable bonds is 8. The van der Waals surface area contributed by atoms with E-state index in [4.69, 9.17) is 5.73 Å². The van der Waals surface area contributed by atoms with Gasteiger partial charge < -0.3 is 5.73 Å². The lowest BCUT2D eigenvalue weighted by atomic mass is 9.56. The van der Waals surface area contributed by atoms with E-state index in [0.29, 0.717) is 11.8 Å². The molecule has 0 aliphatic carbocycles. The van der Waals surface area contributed by atoms with Gasteiger partial charge in [-0.3, -0.25) is 0 Å². The van der Waals surface area contributed by atoms with Gasteiger partial charge >= 0.3 is 0 Å². The molecule has 2 N–H and O–H groups in total. The van der Waals surface area contributed by atoms with E-state index in [1.807, 2.05) is 0 Å². The molecule has 1 nitrogen and oxygen atoms in total. The molecule has 0 radical (unpaired) electrons. The third-order valence-electron chi connectivity index (χ3n) is 5.47. The zero-order valence-electron chi connectivity index (χ0n) is 13.8. The van der Waals surface area contributed by atoms with Crippen molar-refractivity contribution in [2.75, 3.05) is 0 Å². The maximum Gasteiger partial charge on any atom is 0.0394 e. The van der Waals surface area contributed by atoms with Gasteiger partial charge in [0, 0.05) is 5.54 Å². The molecule has 2 unspecified atom stereocenters. The van der Waals surface area contributed by atoms with E-state index in [-0.39, 0.29) is 11.0 Å². The molecule has 3 atom stereocenters. The van der Waals surface area contributed by atoms with Crippen LogP contribution in [-0.2, 0) is 0 Å². The van der Waals surface area contributed by atoms with E-state index >= 15 is 0 Å². The predicted molar refractivity (Wildman–Crippen MR) is 83.7 cm³/mol. The van der Waals surface area contributed by atoms with Crippen molar-refractivity contribution in [3.63, 3.8) is 0 Å². The minimum Gasteiger partial charge on any atom is -0.321 e. The highest BCUT2D eigenvalue weighted by Gasteiger charge is 2.47. The van der Waals surface area contributed by atoms with Crippen LogP contribution >= 0.6 is 0 Å².